The predicted octanol–water partition coefficient (Wildman–Crippen LogP) is 2.79. The van der Waals surface area contributed by atoms with Crippen molar-refractivity contribution in [1.29, 1.82) is 0 Å². The van der Waals surface area contributed by atoms with Crippen LogP contribution in [0.1, 0.15) is 11.1 Å². The minimum absolute atomic E-state index is 0.160. The van der Waals surface area contributed by atoms with Gasteiger partial charge < -0.3 is 19.8 Å². The number of carbonyl (C=O) groups excluding carboxylic acids is 2. The number of halogens is 1. The minimum atomic E-state index is -1.48. The van der Waals surface area contributed by atoms with Crippen molar-refractivity contribution in [2.24, 2.45) is 11.8 Å². The van der Waals surface area contributed by atoms with E-state index in [1.165, 1.54) is 4.90 Å². The van der Waals surface area contributed by atoms with Crippen LogP contribution < -0.4 is 4.90 Å². The number of hydrogen-bond donors (Lipinski definition) is 2. The Kier molecular flexibility index (Phi) is 6.20. The number of carboxylic acid groups (broad SMARTS) is 1. The fourth-order valence-electron chi connectivity index (χ4n) is 5.70. The maximum absolute atomic E-state index is 14.3. The molecule has 5 unspecified atom stereocenters. The Morgan fingerprint density at radius 3 is 2.61 bits per heavy atom. The number of nitrogens with zero attached hydrogens (tertiary/aromatic N) is 2. The van der Waals surface area contributed by atoms with Crippen LogP contribution in [0.15, 0.2) is 73.3 Å². The van der Waals surface area contributed by atoms with Crippen molar-refractivity contribution in [3.05, 3.63) is 89.5 Å². The molecular formula is C27H25ClN2O6. The molecular weight excluding hydrogens is 484 g/mol. The molecule has 2 fully saturated rings. The van der Waals surface area contributed by atoms with Crippen molar-refractivity contribution >= 4 is 35.1 Å². The van der Waals surface area contributed by atoms with Crippen molar-refractivity contribution < 1.29 is 29.3 Å². The fraction of sp³-hybridized carbons (Fsp3) is 0.296. The summed E-state index contributed by atoms with van der Waals surface area (Å²) in [6, 6.07) is 13.0. The largest absolute Gasteiger partial charge is 0.481 e. The standard InChI is InChI=1S/C27H25ClN2O6/c1-2-13-29(14-16-7-4-3-5-8-16)25(33)23-27-12-11-19(36-27)20(26(34)35)21(27)24(32)30(23)22-17(15-31)9-6-10-18(22)28/h2-12,19-21,23,31H,1,13-15H2,(H,34,35). The van der Waals surface area contributed by atoms with Crippen LogP contribution in [0.25, 0.3) is 0 Å². The van der Waals surface area contributed by atoms with Crippen LogP contribution in [0.2, 0.25) is 5.02 Å². The highest BCUT2D eigenvalue weighted by Gasteiger charge is 2.73. The van der Waals surface area contributed by atoms with Crippen molar-refractivity contribution in [1.82, 2.24) is 4.90 Å². The van der Waals surface area contributed by atoms with Crippen LogP contribution in [0.3, 0.4) is 0 Å². The zero-order valence-electron chi connectivity index (χ0n) is 19.3. The number of carbonyl (C=O) groups is 3. The zero-order valence-corrected chi connectivity index (χ0v) is 20.0. The van der Waals surface area contributed by atoms with Gasteiger partial charge in [-0.05, 0) is 11.6 Å². The molecule has 2 bridgehead atoms. The quantitative estimate of drug-likeness (QED) is 0.531. The average Bonchev–Trinajstić information content (AvgIpc) is 3.51. The first-order valence-electron chi connectivity index (χ1n) is 11.6. The van der Waals surface area contributed by atoms with Gasteiger partial charge in [0.1, 0.15) is 17.6 Å². The minimum Gasteiger partial charge on any atom is -0.481 e. The van der Waals surface area contributed by atoms with E-state index in [0.29, 0.717) is 5.56 Å². The second kappa shape index (κ2) is 9.20. The maximum Gasteiger partial charge on any atom is 0.310 e. The monoisotopic (exact) mass is 508 g/mol. The van der Waals surface area contributed by atoms with E-state index in [1.54, 1.807) is 41.3 Å². The molecule has 0 saturated carbocycles. The van der Waals surface area contributed by atoms with Gasteiger partial charge in [-0.1, -0.05) is 72.3 Å². The highest BCUT2D eigenvalue weighted by Crippen LogP contribution is 2.57. The summed E-state index contributed by atoms with van der Waals surface area (Å²) in [5, 5.41) is 20.2. The molecule has 9 heteroatoms. The van der Waals surface area contributed by atoms with E-state index in [9.17, 15) is 24.6 Å². The van der Waals surface area contributed by atoms with Crippen molar-refractivity contribution in [3.63, 3.8) is 0 Å². The van der Waals surface area contributed by atoms with Crippen LogP contribution in [0.4, 0.5) is 5.69 Å². The molecule has 5 atom stereocenters. The van der Waals surface area contributed by atoms with Gasteiger partial charge in [0.25, 0.3) is 0 Å². The molecule has 2 aromatic carbocycles. The van der Waals surface area contributed by atoms with Gasteiger partial charge >= 0.3 is 5.97 Å². The molecule has 0 radical (unpaired) electrons. The third-order valence-electron chi connectivity index (χ3n) is 7.15. The fourth-order valence-corrected chi connectivity index (χ4v) is 5.98. The number of benzene rings is 2. The number of ether oxygens (including phenoxy) is 1. The van der Waals surface area contributed by atoms with Crippen LogP contribution in [-0.2, 0) is 32.3 Å². The highest BCUT2D eigenvalue weighted by atomic mass is 35.5. The smallest absolute Gasteiger partial charge is 0.310 e. The lowest BCUT2D eigenvalue weighted by molar-refractivity contribution is -0.146. The lowest BCUT2D eigenvalue weighted by Gasteiger charge is -2.36. The zero-order chi connectivity index (χ0) is 25.6. The van der Waals surface area contributed by atoms with Gasteiger partial charge in [-0.25, -0.2) is 0 Å². The average molecular weight is 509 g/mol. The molecule has 2 aromatic rings. The Balaban J connectivity index is 1.66. The molecule has 5 rings (SSSR count). The lowest BCUT2D eigenvalue weighted by atomic mass is 9.74. The van der Waals surface area contributed by atoms with E-state index in [4.69, 9.17) is 16.3 Å². The molecule has 2 saturated heterocycles. The van der Waals surface area contributed by atoms with Gasteiger partial charge in [0.2, 0.25) is 11.8 Å². The Labute approximate surface area is 213 Å². The van der Waals surface area contributed by atoms with Crippen molar-refractivity contribution in [2.75, 3.05) is 11.4 Å². The van der Waals surface area contributed by atoms with Gasteiger partial charge in [0.05, 0.1) is 29.3 Å². The second-order valence-electron chi connectivity index (χ2n) is 9.15. The van der Waals surface area contributed by atoms with E-state index in [1.807, 2.05) is 30.3 Å². The van der Waals surface area contributed by atoms with E-state index in [0.717, 1.165) is 5.56 Å². The number of para-hydroxylation sites is 1. The number of aliphatic hydroxyl groups is 1. The highest BCUT2D eigenvalue weighted by molar-refractivity contribution is 6.34. The molecule has 2 amide bonds. The van der Waals surface area contributed by atoms with E-state index < -0.39 is 54.0 Å². The van der Waals surface area contributed by atoms with Gasteiger partial charge in [-0.2, -0.15) is 0 Å². The number of carboxylic acids is 1. The summed E-state index contributed by atoms with van der Waals surface area (Å²) in [4.78, 5) is 43.3. The predicted molar refractivity (Wildman–Crippen MR) is 132 cm³/mol. The molecule has 36 heavy (non-hydrogen) atoms. The van der Waals surface area contributed by atoms with Gasteiger partial charge in [-0.15, -0.1) is 6.58 Å². The van der Waals surface area contributed by atoms with Gasteiger partial charge in [0, 0.05) is 18.7 Å². The number of rotatable bonds is 8. The van der Waals surface area contributed by atoms with E-state index in [-0.39, 0.29) is 23.8 Å². The maximum atomic E-state index is 14.3. The van der Waals surface area contributed by atoms with Crippen molar-refractivity contribution in [2.45, 2.75) is 30.9 Å². The van der Waals surface area contributed by atoms with Crippen molar-refractivity contribution in [3.8, 4) is 0 Å². The molecule has 1 spiro atoms. The summed E-state index contributed by atoms with van der Waals surface area (Å²) in [6.07, 6.45) is 4.03. The summed E-state index contributed by atoms with van der Waals surface area (Å²) in [7, 11) is 0. The molecule has 0 aliphatic carbocycles. The third kappa shape index (κ3) is 3.56. The molecule has 0 aromatic heterocycles. The molecule has 186 valence electrons. The summed E-state index contributed by atoms with van der Waals surface area (Å²) >= 11 is 6.53. The van der Waals surface area contributed by atoms with E-state index in [2.05, 4.69) is 6.58 Å². The first-order chi connectivity index (χ1) is 17.3. The summed E-state index contributed by atoms with van der Waals surface area (Å²) in [6.45, 7) is 3.79. The number of aliphatic carboxylic acids is 1. The topological polar surface area (TPSA) is 107 Å². The summed E-state index contributed by atoms with van der Waals surface area (Å²) in [5.41, 5.74) is -0.0865. The van der Waals surface area contributed by atoms with Crippen LogP contribution in [0.5, 0.6) is 0 Å². The van der Waals surface area contributed by atoms with Crippen LogP contribution in [-0.4, -0.2) is 57.2 Å². The SMILES string of the molecule is C=CCN(Cc1ccccc1)C(=O)C1N(c2c(Cl)cccc2CO)C(=O)C2C(C(=O)O)C3C=CC21O3. The molecule has 3 heterocycles. The number of anilines is 1. The lowest BCUT2D eigenvalue weighted by Crippen LogP contribution is -2.56. The third-order valence-corrected chi connectivity index (χ3v) is 7.46. The number of hydrogen-bond acceptors (Lipinski definition) is 5. The Bertz CT molecular complexity index is 1260. The summed E-state index contributed by atoms with van der Waals surface area (Å²) in [5.74, 6) is -4.45. The second-order valence-corrected chi connectivity index (χ2v) is 9.55. The Morgan fingerprint density at radius 2 is 1.94 bits per heavy atom. The Morgan fingerprint density at radius 1 is 1.19 bits per heavy atom. The number of amides is 2. The normalized spacial score (nSPS) is 27.8. The molecule has 3 aliphatic rings. The van der Waals surface area contributed by atoms with Crippen LogP contribution >= 0.6 is 11.6 Å². The van der Waals surface area contributed by atoms with Gasteiger partial charge in [0.15, 0.2) is 0 Å². The molecule has 8 nitrogen and oxygen atoms in total. The molecule has 3 aliphatic heterocycles. The number of aliphatic hydroxyl groups excluding tert-OH is 1. The first kappa shape index (κ1) is 24.2. The summed E-state index contributed by atoms with van der Waals surface area (Å²) < 4.78 is 6.17. The van der Waals surface area contributed by atoms with Crippen LogP contribution in [0, 0.1) is 11.8 Å². The Hall–Kier alpha value is -3.46. The molecule has 2 N–H and O–H groups in total. The van der Waals surface area contributed by atoms with Gasteiger partial charge in [-0.3, -0.25) is 19.3 Å². The van der Waals surface area contributed by atoms with E-state index >= 15 is 0 Å². The number of fused-ring (bicyclic) bond motifs is 1. The first-order valence-corrected chi connectivity index (χ1v) is 12.0.